The summed E-state index contributed by atoms with van der Waals surface area (Å²) in [7, 11) is 0. The van der Waals surface area contributed by atoms with Crippen molar-refractivity contribution >= 4 is 27.8 Å². The van der Waals surface area contributed by atoms with Gasteiger partial charge in [-0.1, -0.05) is 55.5 Å². The lowest BCUT2D eigenvalue weighted by Crippen LogP contribution is -2.32. The standard InChI is InChI=1S/C18H22N4S2/c1-3-22(4-2)16(15-10-11-23-13-15)12-19-18-21-20-17(24-18)14-8-6-5-7-9-14/h5-11,13,16H,3-4,12H2,1-2H3,(H,19,21). The summed E-state index contributed by atoms with van der Waals surface area (Å²) in [5, 5.41) is 18.3. The lowest BCUT2D eigenvalue weighted by molar-refractivity contribution is 0.228. The minimum absolute atomic E-state index is 0.357. The smallest absolute Gasteiger partial charge is 0.206 e. The molecule has 0 amide bonds. The summed E-state index contributed by atoms with van der Waals surface area (Å²) in [6.45, 7) is 7.32. The average Bonchev–Trinajstić information content (AvgIpc) is 3.31. The fraction of sp³-hybridized carbons (Fsp3) is 0.333. The van der Waals surface area contributed by atoms with E-state index in [0.29, 0.717) is 6.04 Å². The molecule has 0 saturated heterocycles. The van der Waals surface area contributed by atoms with Gasteiger partial charge in [0.15, 0.2) is 0 Å². The molecule has 0 aliphatic carbocycles. The minimum atomic E-state index is 0.357. The van der Waals surface area contributed by atoms with Crippen LogP contribution in [-0.4, -0.2) is 34.7 Å². The first-order valence-corrected chi connectivity index (χ1v) is 9.96. The Morgan fingerprint density at radius 2 is 1.88 bits per heavy atom. The Morgan fingerprint density at radius 3 is 2.54 bits per heavy atom. The van der Waals surface area contributed by atoms with E-state index < -0.39 is 0 Å². The highest BCUT2D eigenvalue weighted by atomic mass is 32.1. The van der Waals surface area contributed by atoms with E-state index in [2.05, 4.69) is 63.2 Å². The molecular formula is C18H22N4S2. The number of nitrogens with zero attached hydrogens (tertiary/aromatic N) is 3. The second-order valence-corrected chi connectivity index (χ2v) is 7.21. The van der Waals surface area contributed by atoms with Crippen molar-refractivity contribution in [2.24, 2.45) is 0 Å². The van der Waals surface area contributed by atoms with Gasteiger partial charge in [0.2, 0.25) is 5.13 Å². The van der Waals surface area contributed by atoms with Gasteiger partial charge in [0.25, 0.3) is 0 Å². The Morgan fingerprint density at radius 1 is 1.08 bits per heavy atom. The number of aromatic nitrogens is 2. The Labute approximate surface area is 151 Å². The first-order valence-electron chi connectivity index (χ1n) is 8.20. The Balaban J connectivity index is 1.70. The summed E-state index contributed by atoms with van der Waals surface area (Å²) < 4.78 is 0. The average molecular weight is 359 g/mol. The highest BCUT2D eigenvalue weighted by Gasteiger charge is 2.19. The Kier molecular flexibility index (Phi) is 5.96. The number of thiophene rings is 1. The molecule has 126 valence electrons. The van der Waals surface area contributed by atoms with Gasteiger partial charge in [0.05, 0.1) is 6.04 Å². The van der Waals surface area contributed by atoms with Gasteiger partial charge in [-0.05, 0) is 35.5 Å². The van der Waals surface area contributed by atoms with Gasteiger partial charge >= 0.3 is 0 Å². The molecule has 0 saturated carbocycles. The number of nitrogens with one attached hydrogen (secondary N) is 1. The van der Waals surface area contributed by atoms with Gasteiger partial charge in [-0.15, -0.1) is 10.2 Å². The maximum absolute atomic E-state index is 4.31. The van der Waals surface area contributed by atoms with Crippen LogP contribution in [0, 0.1) is 0 Å². The van der Waals surface area contributed by atoms with Crippen LogP contribution in [0.4, 0.5) is 5.13 Å². The van der Waals surface area contributed by atoms with Crippen molar-refractivity contribution in [2.75, 3.05) is 25.0 Å². The van der Waals surface area contributed by atoms with Crippen LogP contribution >= 0.6 is 22.7 Å². The van der Waals surface area contributed by atoms with Gasteiger partial charge in [-0.2, -0.15) is 11.3 Å². The molecule has 0 aliphatic rings. The number of anilines is 1. The molecule has 3 aromatic rings. The van der Waals surface area contributed by atoms with E-state index in [9.17, 15) is 0 Å². The molecule has 1 aromatic carbocycles. The van der Waals surface area contributed by atoms with Crippen molar-refractivity contribution in [1.29, 1.82) is 0 Å². The fourth-order valence-electron chi connectivity index (χ4n) is 2.76. The van der Waals surface area contributed by atoms with E-state index >= 15 is 0 Å². The third kappa shape index (κ3) is 4.01. The van der Waals surface area contributed by atoms with E-state index in [0.717, 1.165) is 35.3 Å². The zero-order valence-corrected chi connectivity index (χ0v) is 15.6. The summed E-state index contributed by atoms with van der Waals surface area (Å²) >= 11 is 3.35. The lowest BCUT2D eigenvalue weighted by Gasteiger charge is -2.29. The molecular weight excluding hydrogens is 336 g/mol. The van der Waals surface area contributed by atoms with Crippen molar-refractivity contribution in [3.05, 3.63) is 52.7 Å². The Hall–Kier alpha value is -1.76. The van der Waals surface area contributed by atoms with Gasteiger partial charge in [0.1, 0.15) is 5.01 Å². The molecule has 3 rings (SSSR count). The van der Waals surface area contributed by atoms with E-state index in [1.165, 1.54) is 5.56 Å². The van der Waals surface area contributed by atoms with Crippen LogP contribution in [0.25, 0.3) is 10.6 Å². The van der Waals surface area contributed by atoms with Gasteiger partial charge in [0, 0.05) is 12.1 Å². The molecule has 1 N–H and O–H groups in total. The van der Waals surface area contributed by atoms with Crippen molar-refractivity contribution in [3.8, 4) is 10.6 Å². The summed E-state index contributed by atoms with van der Waals surface area (Å²) in [6.07, 6.45) is 0. The first-order chi connectivity index (χ1) is 11.8. The maximum Gasteiger partial charge on any atom is 0.206 e. The third-order valence-corrected chi connectivity index (χ3v) is 5.70. The topological polar surface area (TPSA) is 41.0 Å². The fourth-order valence-corrected chi connectivity index (χ4v) is 4.23. The normalized spacial score (nSPS) is 12.5. The maximum atomic E-state index is 4.31. The molecule has 1 unspecified atom stereocenters. The molecule has 1 atom stereocenters. The largest absolute Gasteiger partial charge is 0.358 e. The second kappa shape index (κ2) is 8.37. The summed E-state index contributed by atoms with van der Waals surface area (Å²) in [6, 6.07) is 12.8. The minimum Gasteiger partial charge on any atom is -0.358 e. The van der Waals surface area contributed by atoms with Crippen LogP contribution in [0.3, 0.4) is 0 Å². The third-order valence-electron chi connectivity index (χ3n) is 4.07. The number of likely N-dealkylation sites (N-methyl/N-ethyl adjacent to an activating group) is 1. The highest BCUT2D eigenvalue weighted by molar-refractivity contribution is 7.18. The van der Waals surface area contributed by atoms with Crippen LogP contribution in [0.2, 0.25) is 0 Å². The zero-order valence-electron chi connectivity index (χ0n) is 14.0. The monoisotopic (exact) mass is 358 g/mol. The number of rotatable bonds is 8. The van der Waals surface area contributed by atoms with Crippen LogP contribution in [0.5, 0.6) is 0 Å². The van der Waals surface area contributed by atoms with Crippen LogP contribution in [0.15, 0.2) is 47.2 Å². The van der Waals surface area contributed by atoms with Crippen molar-refractivity contribution in [2.45, 2.75) is 19.9 Å². The summed E-state index contributed by atoms with van der Waals surface area (Å²) in [5.74, 6) is 0. The predicted octanol–water partition coefficient (Wildman–Crippen LogP) is 4.76. The summed E-state index contributed by atoms with van der Waals surface area (Å²) in [4.78, 5) is 2.47. The number of benzene rings is 1. The molecule has 0 radical (unpaired) electrons. The van der Waals surface area contributed by atoms with Crippen LogP contribution in [0.1, 0.15) is 25.5 Å². The molecule has 0 bridgehead atoms. The zero-order chi connectivity index (χ0) is 16.8. The molecule has 4 nitrogen and oxygen atoms in total. The number of hydrogen-bond donors (Lipinski definition) is 1. The van der Waals surface area contributed by atoms with E-state index in [1.54, 1.807) is 22.7 Å². The second-order valence-electron chi connectivity index (χ2n) is 5.45. The van der Waals surface area contributed by atoms with Crippen molar-refractivity contribution < 1.29 is 0 Å². The predicted molar refractivity (Wildman–Crippen MR) is 104 cm³/mol. The first kappa shape index (κ1) is 17.1. The van der Waals surface area contributed by atoms with E-state index in [-0.39, 0.29) is 0 Å². The van der Waals surface area contributed by atoms with Crippen molar-refractivity contribution in [3.63, 3.8) is 0 Å². The van der Waals surface area contributed by atoms with Gasteiger partial charge in [-0.25, -0.2) is 0 Å². The van der Waals surface area contributed by atoms with Crippen LogP contribution in [-0.2, 0) is 0 Å². The van der Waals surface area contributed by atoms with Gasteiger partial charge < -0.3 is 5.32 Å². The molecule has 24 heavy (non-hydrogen) atoms. The molecule has 0 aliphatic heterocycles. The van der Waals surface area contributed by atoms with Crippen LogP contribution < -0.4 is 5.32 Å². The molecule has 6 heteroatoms. The Bertz CT molecular complexity index is 721. The van der Waals surface area contributed by atoms with E-state index in [1.807, 2.05) is 18.2 Å². The van der Waals surface area contributed by atoms with E-state index in [4.69, 9.17) is 0 Å². The summed E-state index contributed by atoms with van der Waals surface area (Å²) in [5.41, 5.74) is 2.48. The number of hydrogen-bond acceptors (Lipinski definition) is 6. The quantitative estimate of drug-likeness (QED) is 0.630. The SMILES string of the molecule is CCN(CC)C(CNc1nnc(-c2ccccc2)s1)c1ccsc1. The van der Waals surface area contributed by atoms with Gasteiger partial charge in [-0.3, -0.25) is 4.90 Å². The molecule has 2 heterocycles. The molecule has 0 spiro atoms. The lowest BCUT2D eigenvalue weighted by atomic mass is 10.1. The van der Waals surface area contributed by atoms with Crippen molar-refractivity contribution in [1.82, 2.24) is 15.1 Å². The molecule has 0 fully saturated rings. The molecule has 2 aromatic heterocycles. The highest BCUT2D eigenvalue weighted by Crippen LogP contribution is 2.28.